The molecule has 1 unspecified atom stereocenters. The van der Waals surface area contributed by atoms with E-state index in [2.05, 4.69) is 4.98 Å². The van der Waals surface area contributed by atoms with E-state index in [0.29, 0.717) is 40.1 Å². The van der Waals surface area contributed by atoms with Crippen LogP contribution in [-0.4, -0.2) is 15.7 Å². The van der Waals surface area contributed by atoms with Gasteiger partial charge in [-0.05, 0) is 54.8 Å². The van der Waals surface area contributed by atoms with Crippen molar-refractivity contribution in [2.45, 2.75) is 30.5 Å². The molecule has 3 nitrogen and oxygen atoms in total. The van der Waals surface area contributed by atoms with Gasteiger partial charge in [0.05, 0.1) is 0 Å². The van der Waals surface area contributed by atoms with Crippen molar-refractivity contribution in [3.8, 4) is 5.75 Å². The molecule has 1 heterocycles. The van der Waals surface area contributed by atoms with E-state index in [1.54, 1.807) is 42.6 Å². The average Bonchev–Trinajstić information content (AvgIpc) is 3.33. The second-order valence-corrected chi connectivity index (χ2v) is 8.81. The maximum absolute atomic E-state index is 13.2. The van der Waals surface area contributed by atoms with Crippen molar-refractivity contribution in [2.75, 3.05) is 0 Å². The topological polar surface area (TPSA) is 42.4 Å². The van der Waals surface area contributed by atoms with Crippen LogP contribution in [-0.2, 0) is 12.0 Å². The Labute approximate surface area is 170 Å². The Hall–Kier alpha value is -1.66. The molecule has 1 aliphatic carbocycles. The number of aromatic nitrogens is 1. The third-order valence-corrected chi connectivity index (χ3v) is 6.23. The predicted molar refractivity (Wildman–Crippen MR) is 105 cm³/mol. The van der Waals surface area contributed by atoms with Crippen molar-refractivity contribution in [1.29, 1.82) is 0 Å². The fraction of sp³-hybridized carbons (Fsp3) is 0.250. The van der Waals surface area contributed by atoms with Gasteiger partial charge in [-0.3, -0.25) is 0 Å². The Balaban J connectivity index is 1.72. The first-order valence-electron chi connectivity index (χ1n) is 8.43. The number of nitrogens with zero attached hydrogens (tertiary/aromatic N) is 1. The lowest BCUT2D eigenvalue weighted by atomic mass is 9.82. The first-order valence-corrected chi connectivity index (χ1v) is 10.0. The molecule has 0 amide bonds. The number of hydrogen-bond acceptors (Lipinski definition) is 4. The maximum Gasteiger partial charge on any atom is 0.183 e. The van der Waals surface area contributed by atoms with E-state index in [9.17, 15) is 9.50 Å². The number of halogens is 3. The Morgan fingerprint density at radius 1 is 1.11 bits per heavy atom. The first kappa shape index (κ1) is 18.7. The summed E-state index contributed by atoms with van der Waals surface area (Å²) in [6.45, 7) is 0. The van der Waals surface area contributed by atoms with Crippen molar-refractivity contribution in [3.05, 3.63) is 80.5 Å². The number of thiazole rings is 1. The molecule has 1 N–H and O–H groups in total. The van der Waals surface area contributed by atoms with Gasteiger partial charge in [0.15, 0.2) is 4.47 Å². The quantitative estimate of drug-likeness (QED) is 0.558. The molecule has 1 fully saturated rings. The summed E-state index contributed by atoms with van der Waals surface area (Å²) in [4.78, 5) is 4.93. The van der Waals surface area contributed by atoms with Crippen LogP contribution in [0.5, 0.6) is 5.75 Å². The molecule has 4 rings (SSSR count). The van der Waals surface area contributed by atoms with Crippen LogP contribution in [0, 0.1) is 5.82 Å². The Kier molecular flexibility index (Phi) is 4.89. The molecule has 3 aromatic rings. The van der Waals surface area contributed by atoms with Crippen LogP contribution in [0.1, 0.15) is 23.3 Å². The maximum atomic E-state index is 13.2. The molecule has 7 heteroatoms. The molecule has 27 heavy (non-hydrogen) atoms. The third-order valence-electron chi connectivity index (χ3n) is 4.86. The van der Waals surface area contributed by atoms with Gasteiger partial charge in [0.25, 0.3) is 0 Å². The summed E-state index contributed by atoms with van der Waals surface area (Å²) < 4.78 is 19.8. The van der Waals surface area contributed by atoms with Crippen molar-refractivity contribution >= 4 is 34.5 Å². The summed E-state index contributed by atoms with van der Waals surface area (Å²) in [7, 11) is 0. The van der Waals surface area contributed by atoms with Gasteiger partial charge in [0.1, 0.15) is 22.8 Å². The van der Waals surface area contributed by atoms with Crippen LogP contribution in [0.4, 0.5) is 4.39 Å². The highest BCUT2D eigenvalue weighted by Gasteiger charge is 2.62. The fourth-order valence-corrected chi connectivity index (χ4v) is 4.49. The van der Waals surface area contributed by atoms with Crippen molar-refractivity contribution in [3.63, 3.8) is 0 Å². The molecule has 1 aromatic heterocycles. The molecule has 1 atom stereocenters. The first-order chi connectivity index (χ1) is 12.9. The second-order valence-electron chi connectivity index (χ2n) is 6.67. The Morgan fingerprint density at radius 2 is 1.78 bits per heavy atom. The van der Waals surface area contributed by atoms with Crippen molar-refractivity contribution in [2.24, 2.45) is 0 Å². The summed E-state index contributed by atoms with van der Waals surface area (Å²) in [6.07, 6.45) is 3.33. The van der Waals surface area contributed by atoms with Gasteiger partial charge < -0.3 is 9.84 Å². The van der Waals surface area contributed by atoms with Gasteiger partial charge in [0.2, 0.25) is 0 Å². The molecule has 0 saturated heterocycles. The van der Waals surface area contributed by atoms with E-state index < -0.39 is 11.2 Å². The van der Waals surface area contributed by atoms with Gasteiger partial charge in [-0.15, -0.1) is 11.3 Å². The van der Waals surface area contributed by atoms with E-state index in [-0.39, 0.29) is 5.82 Å². The smallest absolute Gasteiger partial charge is 0.183 e. The van der Waals surface area contributed by atoms with E-state index in [4.69, 9.17) is 27.9 Å². The zero-order valence-corrected chi connectivity index (χ0v) is 16.5. The molecule has 140 valence electrons. The molecule has 1 saturated carbocycles. The summed E-state index contributed by atoms with van der Waals surface area (Å²) in [6, 6.07) is 12.9. The van der Waals surface area contributed by atoms with Gasteiger partial charge in [-0.1, -0.05) is 35.3 Å². The number of aliphatic hydroxyl groups is 1. The van der Waals surface area contributed by atoms with Gasteiger partial charge in [0, 0.05) is 22.5 Å². The minimum Gasteiger partial charge on any atom is -0.484 e. The molecule has 0 aliphatic heterocycles. The zero-order chi connectivity index (χ0) is 19.1. The second kappa shape index (κ2) is 7.06. The van der Waals surface area contributed by atoms with Gasteiger partial charge in [-0.25, -0.2) is 9.37 Å². The van der Waals surface area contributed by atoms with Crippen LogP contribution in [0.15, 0.2) is 54.7 Å². The minimum atomic E-state index is -1.30. The Bertz CT molecular complexity index is 941. The van der Waals surface area contributed by atoms with Crippen LogP contribution >= 0.6 is 34.5 Å². The van der Waals surface area contributed by atoms with Crippen LogP contribution in [0.25, 0.3) is 0 Å². The summed E-state index contributed by atoms with van der Waals surface area (Å²) in [5.41, 5.74) is -1.41. The number of hydrogen-bond donors (Lipinski definition) is 1. The van der Waals surface area contributed by atoms with Gasteiger partial charge >= 0.3 is 0 Å². The van der Waals surface area contributed by atoms with Gasteiger partial charge in [-0.2, -0.15) is 0 Å². The highest BCUT2D eigenvalue weighted by Crippen LogP contribution is 2.55. The molecular weight excluding hydrogens is 408 g/mol. The van der Waals surface area contributed by atoms with Crippen LogP contribution in [0.2, 0.25) is 9.49 Å². The lowest BCUT2D eigenvalue weighted by Crippen LogP contribution is -2.47. The average molecular weight is 424 g/mol. The molecule has 1 aliphatic rings. The standard InChI is InChI=1S/C20H16Cl2FNO2S/c21-14-3-1-13(2-4-14)20(25,11-17-12-24-18(22)27-17)19(9-10-19)26-16-7-5-15(23)6-8-16/h1-8,12,25H,9-11H2. The lowest BCUT2D eigenvalue weighted by molar-refractivity contribution is -0.0841. The monoisotopic (exact) mass is 423 g/mol. The van der Waals surface area contributed by atoms with Crippen molar-refractivity contribution < 1.29 is 14.2 Å². The molecular formula is C20H16Cl2FNO2S. The largest absolute Gasteiger partial charge is 0.484 e. The van der Waals surface area contributed by atoms with E-state index in [1.165, 1.54) is 23.5 Å². The van der Waals surface area contributed by atoms with Crippen LogP contribution in [0.3, 0.4) is 0 Å². The molecule has 2 aromatic carbocycles. The summed E-state index contributed by atoms with van der Waals surface area (Å²) in [5.74, 6) is 0.183. The molecule has 0 radical (unpaired) electrons. The third kappa shape index (κ3) is 3.69. The van der Waals surface area contributed by atoms with Crippen molar-refractivity contribution in [1.82, 2.24) is 4.98 Å². The molecule has 0 spiro atoms. The SMILES string of the molecule is OC(Cc1cnc(Cl)s1)(c1ccc(Cl)cc1)C1(Oc2ccc(F)cc2)CC1. The predicted octanol–water partition coefficient (Wildman–Crippen LogP) is 5.63. The summed E-state index contributed by atoms with van der Waals surface area (Å²) >= 11 is 13.3. The summed E-state index contributed by atoms with van der Waals surface area (Å²) in [5, 5.41) is 12.4. The fourth-order valence-electron chi connectivity index (χ4n) is 3.31. The van der Waals surface area contributed by atoms with E-state index in [0.717, 1.165) is 4.88 Å². The number of rotatable bonds is 6. The highest BCUT2D eigenvalue weighted by molar-refractivity contribution is 7.15. The normalized spacial score (nSPS) is 17.3. The minimum absolute atomic E-state index is 0.306. The van der Waals surface area contributed by atoms with E-state index >= 15 is 0 Å². The molecule has 0 bridgehead atoms. The Morgan fingerprint density at radius 3 is 2.33 bits per heavy atom. The van der Waals surface area contributed by atoms with E-state index in [1.807, 2.05) is 0 Å². The van der Waals surface area contributed by atoms with Crippen LogP contribution < -0.4 is 4.74 Å². The zero-order valence-electron chi connectivity index (χ0n) is 14.2. The number of benzene rings is 2. The number of ether oxygens (including phenoxy) is 1. The highest BCUT2D eigenvalue weighted by atomic mass is 35.5. The lowest BCUT2D eigenvalue weighted by Gasteiger charge is -2.37.